The lowest BCUT2D eigenvalue weighted by molar-refractivity contribution is -0.199. The Bertz CT molecular complexity index is 1060. The lowest BCUT2D eigenvalue weighted by Crippen LogP contribution is -2.53. The summed E-state index contributed by atoms with van der Waals surface area (Å²) < 4.78 is 91.7. The first-order valence-corrected chi connectivity index (χ1v) is 14.2. The summed E-state index contributed by atoms with van der Waals surface area (Å²) in [6, 6.07) is -2.81. The number of Topliss-reactive ketones (excluding diaryl/α,β-unsaturated/α-hetero) is 1. The van der Waals surface area contributed by atoms with Gasteiger partial charge in [-0.3, -0.25) is 28.6 Å². The number of esters is 2. The van der Waals surface area contributed by atoms with Gasteiger partial charge in [0, 0.05) is 6.20 Å². The molecule has 2 aliphatic heterocycles. The van der Waals surface area contributed by atoms with Gasteiger partial charge in [0.1, 0.15) is 18.2 Å². The van der Waals surface area contributed by atoms with Crippen LogP contribution in [-0.2, 0) is 42.5 Å². The SMILES string of the molecule is CC(C)OC(=O)[C@H](C)NP(=O)(N[C@@H](C)C(=O)OC(C)C)OC[C@@]1(C(F)F)O[C@@H](N2C=C(F)C(=O)CC2=O)[C@H](F)[C@@H]1O. The molecule has 2 heterocycles. The number of amides is 1. The number of hydrogen-bond donors (Lipinski definition) is 3. The zero-order chi connectivity index (χ0) is 31.4. The summed E-state index contributed by atoms with van der Waals surface area (Å²) >= 11 is 0. The molecule has 41 heavy (non-hydrogen) atoms. The first kappa shape index (κ1) is 34.8. The normalized spacial score (nSPS) is 26.9. The van der Waals surface area contributed by atoms with Gasteiger partial charge in [0.25, 0.3) is 6.43 Å². The molecule has 0 saturated carbocycles. The van der Waals surface area contributed by atoms with Crippen LogP contribution in [0.1, 0.15) is 48.0 Å². The Labute approximate surface area is 233 Å². The second kappa shape index (κ2) is 13.7. The molecule has 0 radical (unpaired) electrons. The van der Waals surface area contributed by atoms with E-state index in [0.717, 1.165) is 0 Å². The van der Waals surface area contributed by atoms with E-state index >= 15 is 4.39 Å². The fraction of sp³-hybridized carbons (Fsp3) is 0.739. The molecule has 1 fully saturated rings. The molecule has 2 aliphatic rings. The van der Waals surface area contributed by atoms with Gasteiger partial charge in [-0.2, -0.15) is 0 Å². The summed E-state index contributed by atoms with van der Waals surface area (Å²) in [6.45, 7) is 6.99. The fourth-order valence-electron chi connectivity index (χ4n) is 3.74. The molecule has 0 unspecified atom stereocenters. The van der Waals surface area contributed by atoms with Crippen LogP contribution in [0.3, 0.4) is 0 Å². The molecule has 0 spiro atoms. The van der Waals surface area contributed by atoms with Crippen LogP contribution in [-0.4, -0.2) is 95.1 Å². The maximum Gasteiger partial charge on any atom is 0.342 e. The summed E-state index contributed by atoms with van der Waals surface area (Å²) in [5.74, 6) is -5.74. The topological polar surface area (TPSA) is 170 Å². The van der Waals surface area contributed by atoms with Crippen molar-refractivity contribution in [1.82, 2.24) is 15.1 Å². The van der Waals surface area contributed by atoms with Crippen molar-refractivity contribution in [3.05, 3.63) is 12.0 Å². The van der Waals surface area contributed by atoms with E-state index in [1.165, 1.54) is 41.5 Å². The highest BCUT2D eigenvalue weighted by molar-refractivity contribution is 7.54. The van der Waals surface area contributed by atoms with E-state index in [-0.39, 0.29) is 11.1 Å². The van der Waals surface area contributed by atoms with Crippen LogP contribution < -0.4 is 10.2 Å². The number of rotatable bonds is 13. The lowest BCUT2D eigenvalue weighted by Gasteiger charge is -2.34. The predicted molar refractivity (Wildman–Crippen MR) is 131 cm³/mol. The van der Waals surface area contributed by atoms with Gasteiger partial charge in [0.05, 0.1) is 25.2 Å². The van der Waals surface area contributed by atoms with E-state index in [2.05, 4.69) is 10.2 Å². The highest BCUT2D eigenvalue weighted by Gasteiger charge is 2.63. The minimum Gasteiger partial charge on any atom is -0.462 e. The van der Waals surface area contributed by atoms with E-state index < -0.39 is 105 Å². The van der Waals surface area contributed by atoms with Gasteiger partial charge in [0.15, 0.2) is 23.8 Å². The predicted octanol–water partition coefficient (Wildman–Crippen LogP) is 1.64. The van der Waals surface area contributed by atoms with E-state index in [9.17, 15) is 42.0 Å². The first-order chi connectivity index (χ1) is 18.8. The largest absolute Gasteiger partial charge is 0.462 e. The summed E-state index contributed by atoms with van der Waals surface area (Å²) in [5, 5.41) is 14.9. The van der Waals surface area contributed by atoms with Gasteiger partial charge in [-0.15, -0.1) is 0 Å². The third kappa shape index (κ3) is 8.32. The van der Waals surface area contributed by atoms with Crippen LogP contribution in [0.2, 0.25) is 0 Å². The summed E-state index contributed by atoms with van der Waals surface area (Å²) in [5.41, 5.74) is -3.28. The standard InChI is InChI=1S/C23H34F4N3O10P/c1-10(2)38-20(34)12(5)28-41(36,29-13(6)21(35)39-11(3)4)37-9-23(22(26)27)18(33)17(25)19(40-23)30-8-14(24)15(31)7-16(30)32/h8,10-13,17-19,22,33H,7,9H2,1-6H3,(H2,28,29,36)/t12-,13-,17+,18-,19+,23+/m0/s1. The Balaban J connectivity index is 2.37. The molecule has 1 amide bonds. The van der Waals surface area contributed by atoms with Gasteiger partial charge in [-0.25, -0.2) is 27.7 Å². The van der Waals surface area contributed by atoms with Crippen LogP contribution in [0.4, 0.5) is 17.6 Å². The highest BCUT2D eigenvalue weighted by atomic mass is 31.2. The lowest BCUT2D eigenvalue weighted by atomic mass is 9.97. The molecule has 13 nitrogen and oxygen atoms in total. The van der Waals surface area contributed by atoms with Gasteiger partial charge in [-0.05, 0) is 41.5 Å². The van der Waals surface area contributed by atoms with Crippen molar-refractivity contribution < 1.29 is 65.1 Å². The number of carbonyl (C=O) groups is 4. The molecule has 0 aliphatic carbocycles. The van der Waals surface area contributed by atoms with Crippen molar-refractivity contribution in [3.8, 4) is 0 Å². The van der Waals surface area contributed by atoms with Crippen molar-refractivity contribution in [2.75, 3.05) is 6.61 Å². The van der Waals surface area contributed by atoms with Gasteiger partial charge in [-0.1, -0.05) is 0 Å². The number of alkyl halides is 3. The second-order valence-corrected chi connectivity index (χ2v) is 11.9. The maximum absolute atomic E-state index is 15.1. The minimum atomic E-state index is -4.74. The number of hydrogen-bond acceptors (Lipinski definition) is 10. The average molecular weight is 620 g/mol. The van der Waals surface area contributed by atoms with E-state index in [1.54, 1.807) is 0 Å². The van der Waals surface area contributed by atoms with E-state index in [4.69, 9.17) is 18.7 Å². The highest BCUT2D eigenvalue weighted by Crippen LogP contribution is 2.46. The second-order valence-electron chi connectivity index (χ2n) is 10.0. The van der Waals surface area contributed by atoms with Crippen LogP contribution in [0.5, 0.6) is 0 Å². The van der Waals surface area contributed by atoms with Crippen molar-refractivity contribution in [3.63, 3.8) is 0 Å². The summed E-state index contributed by atoms with van der Waals surface area (Å²) in [4.78, 5) is 48.5. The van der Waals surface area contributed by atoms with Crippen molar-refractivity contribution in [2.24, 2.45) is 0 Å². The molecule has 1 saturated heterocycles. The van der Waals surface area contributed by atoms with Crippen LogP contribution in [0, 0.1) is 0 Å². The number of aliphatic hydroxyl groups is 1. The summed E-state index contributed by atoms with van der Waals surface area (Å²) in [6.07, 6.45) is -13.5. The monoisotopic (exact) mass is 619 g/mol. The molecule has 18 heteroatoms. The number of nitrogens with one attached hydrogen (secondary N) is 2. The van der Waals surface area contributed by atoms with E-state index in [1.807, 2.05) is 0 Å². The molecule has 6 atom stereocenters. The van der Waals surface area contributed by atoms with Crippen LogP contribution >= 0.6 is 7.67 Å². The Kier molecular flexibility index (Phi) is 11.6. The summed E-state index contributed by atoms with van der Waals surface area (Å²) in [7, 11) is -4.74. The third-order valence-corrected chi connectivity index (χ3v) is 7.73. The first-order valence-electron chi connectivity index (χ1n) is 12.5. The molecule has 0 aromatic rings. The van der Waals surface area contributed by atoms with Crippen LogP contribution in [0.25, 0.3) is 0 Å². The number of ketones is 1. The number of nitrogens with zero attached hydrogens (tertiary/aromatic N) is 1. The molecule has 3 N–H and O–H groups in total. The fourth-order valence-corrected chi connectivity index (χ4v) is 5.58. The van der Waals surface area contributed by atoms with Crippen molar-refractivity contribution in [1.29, 1.82) is 0 Å². The molecule has 0 aromatic heterocycles. The van der Waals surface area contributed by atoms with Crippen molar-refractivity contribution in [2.45, 2.75) is 103 Å². The van der Waals surface area contributed by atoms with Crippen molar-refractivity contribution >= 4 is 31.3 Å². The van der Waals surface area contributed by atoms with E-state index in [0.29, 0.717) is 0 Å². The Morgan fingerprint density at radius 1 is 1.10 bits per heavy atom. The number of halogens is 4. The zero-order valence-electron chi connectivity index (χ0n) is 23.1. The Morgan fingerprint density at radius 3 is 2.02 bits per heavy atom. The third-order valence-electron chi connectivity index (χ3n) is 5.79. The van der Waals surface area contributed by atoms with Crippen LogP contribution in [0.15, 0.2) is 12.0 Å². The number of allylic oxidation sites excluding steroid dienone is 1. The quantitative estimate of drug-likeness (QED) is 0.118. The molecule has 0 aromatic carbocycles. The minimum absolute atomic E-state index is 0.221. The molecule has 0 bridgehead atoms. The molecule has 2 rings (SSSR count). The van der Waals surface area contributed by atoms with Gasteiger partial charge < -0.3 is 23.8 Å². The molecular weight excluding hydrogens is 585 g/mol. The zero-order valence-corrected chi connectivity index (χ0v) is 24.0. The maximum atomic E-state index is 15.1. The van der Waals surface area contributed by atoms with Gasteiger partial charge >= 0.3 is 19.6 Å². The molecular formula is C23H34F4N3O10P. The number of ether oxygens (including phenoxy) is 3. The Hall–Kier alpha value is -2.43. The Morgan fingerprint density at radius 2 is 1.59 bits per heavy atom. The molecule has 234 valence electrons. The number of aliphatic hydroxyl groups excluding tert-OH is 1. The smallest absolute Gasteiger partial charge is 0.342 e. The van der Waals surface area contributed by atoms with Gasteiger partial charge in [0.2, 0.25) is 11.7 Å². The average Bonchev–Trinajstić information content (AvgIpc) is 3.10. The number of carbonyl (C=O) groups excluding carboxylic acids is 4.